The number of ether oxygens (including phenoxy) is 1. The molecule has 1 heterocycles. The van der Waals surface area contributed by atoms with E-state index in [1.807, 2.05) is 30.3 Å². The lowest BCUT2D eigenvalue weighted by Crippen LogP contribution is -2.36. The Morgan fingerprint density at radius 3 is 2.50 bits per heavy atom. The summed E-state index contributed by atoms with van der Waals surface area (Å²) >= 11 is 0. The number of hydrogen-bond donors (Lipinski definition) is 0. The number of amides is 1. The third-order valence-electron chi connectivity index (χ3n) is 4.90. The van der Waals surface area contributed by atoms with Crippen LogP contribution in [0.3, 0.4) is 0 Å². The van der Waals surface area contributed by atoms with Gasteiger partial charge >= 0.3 is 5.97 Å². The van der Waals surface area contributed by atoms with Gasteiger partial charge < -0.3 is 9.64 Å². The molecule has 4 rings (SSSR count). The fourth-order valence-electron chi connectivity index (χ4n) is 3.14. The molecule has 0 atom stereocenters. The average molecular weight is 408 g/mol. The molecule has 30 heavy (non-hydrogen) atoms. The van der Waals surface area contributed by atoms with Crippen LogP contribution < -0.4 is 0 Å². The maximum Gasteiger partial charge on any atom is 0.361 e. The van der Waals surface area contributed by atoms with Crippen LogP contribution in [0.5, 0.6) is 0 Å². The lowest BCUT2D eigenvalue weighted by Gasteiger charge is -2.22. The normalized spacial score (nSPS) is 13.1. The average Bonchev–Trinajstić information content (AvgIpc) is 3.52. The molecule has 1 amide bonds. The highest BCUT2D eigenvalue weighted by Gasteiger charge is 2.33. The second kappa shape index (κ2) is 8.44. The predicted molar refractivity (Wildman–Crippen MR) is 106 cm³/mol. The van der Waals surface area contributed by atoms with Crippen molar-refractivity contribution in [2.45, 2.75) is 32.4 Å². The van der Waals surface area contributed by atoms with Gasteiger partial charge in [-0.15, -0.1) is 5.10 Å². The third-order valence-corrected chi connectivity index (χ3v) is 4.90. The summed E-state index contributed by atoms with van der Waals surface area (Å²) in [5.74, 6) is -1.44. The fourth-order valence-corrected chi connectivity index (χ4v) is 3.14. The van der Waals surface area contributed by atoms with E-state index in [0.29, 0.717) is 16.9 Å². The molecule has 0 aliphatic heterocycles. The molecule has 8 heteroatoms. The summed E-state index contributed by atoms with van der Waals surface area (Å²) < 4.78 is 19.2. The van der Waals surface area contributed by atoms with Gasteiger partial charge in [0.2, 0.25) is 0 Å². The van der Waals surface area contributed by atoms with Crippen molar-refractivity contribution in [3.8, 4) is 5.69 Å². The molecule has 154 valence electrons. The monoisotopic (exact) mass is 408 g/mol. The molecule has 2 aromatic carbocycles. The van der Waals surface area contributed by atoms with E-state index in [9.17, 15) is 14.0 Å². The van der Waals surface area contributed by atoms with Gasteiger partial charge in [0.1, 0.15) is 5.82 Å². The summed E-state index contributed by atoms with van der Waals surface area (Å²) in [6.45, 7) is 1.37. The number of rotatable bonds is 7. The number of esters is 1. The van der Waals surface area contributed by atoms with E-state index >= 15 is 0 Å². The maximum absolute atomic E-state index is 14.0. The van der Waals surface area contributed by atoms with Crippen LogP contribution in [0.15, 0.2) is 54.6 Å². The van der Waals surface area contributed by atoms with Crippen molar-refractivity contribution in [3.05, 3.63) is 77.4 Å². The van der Waals surface area contributed by atoms with Crippen molar-refractivity contribution in [3.63, 3.8) is 0 Å². The van der Waals surface area contributed by atoms with Gasteiger partial charge in [-0.2, -0.15) is 9.90 Å². The van der Waals surface area contributed by atoms with Crippen molar-refractivity contribution < 1.29 is 18.7 Å². The number of nitrogens with zero attached hydrogens (tertiary/aromatic N) is 4. The molecule has 1 aliphatic rings. The molecular weight excluding hydrogens is 387 g/mol. The number of carbonyl (C=O) groups is 2. The smallest absolute Gasteiger partial charge is 0.361 e. The van der Waals surface area contributed by atoms with Crippen molar-refractivity contribution >= 4 is 11.9 Å². The Morgan fingerprint density at radius 2 is 1.80 bits per heavy atom. The molecule has 1 aliphatic carbocycles. The minimum Gasteiger partial charge on any atom is -0.451 e. The second-order valence-electron chi connectivity index (χ2n) is 7.18. The van der Waals surface area contributed by atoms with Crippen LogP contribution in [0, 0.1) is 12.7 Å². The van der Waals surface area contributed by atoms with Crippen LogP contribution in [0.4, 0.5) is 4.39 Å². The number of hydrogen-bond acceptors (Lipinski definition) is 5. The number of benzene rings is 2. The maximum atomic E-state index is 14.0. The lowest BCUT2D eigenvalue weighted by molar-refractivity contribution is -0.135. The second-order valence-corrected chi connectivity index (χ2v) is 7.18. The highest BCUT2D eigenvalue weighted by Crippen LogP contribution is 2.29. The van der Waals surface area contributed by atoms with E-state index in [0.717, 1.165) is 12.8 Å². The summed E-state index contributed by atoms with van der Waals surface area (Å²) in [5, 5.41) is 8.42. The SMILES string of the molecule is Cc1nn(-c2ccccc2)nc1C(=O)OCC(=O)N(Cc1ccccc1F)C1CC1. The zero-order chi connectivity index (χ0) is 21.1. The summed E-state index contributed by atoms with van der Waals surface area (Å²) in [6, 6.07) is 15.6. The molecule has 0 radical (unpaired) electrons. The number of halogens is 1. The zero-order valence-corrected chi connectivity index (χ0v) is 16.5. The van der Waals surface area contributed by atoms with Gasteiger partial charge in [-0.3, -0.25) is 4.79 Å². The first kappa shape index (κ1) is 19.8. The van der Waals surface area contributed by atoms with Gasteiger partial charge in [0.05, 0.1) is 11.4 Å². The van der Waals surface area contributed by atoms with E-state index in [4.69, 9.17) is 4.74 Å². The highest BCUT2D eigenvalue weighted by molar-refractivity contribution is 5.90. The minimum absolute atomic E-state index is 0.0523. The molecule has 0 unspecified atom stereocenters. The van der Waals surface area contributed by atoms with Gasteiger partial charge in [0.25, 0.3) is 5.91 Å². The van der Waals surface area contributed by atoms with Crippen LogP contribution in [-0.4, -0.2) is 44.4 Å². The largest absolute Gasteiger partial charge is 0.451 e. The quantitative estimate of drug-likeness (QED) is 0.562. The van der Waals surface area contributed by atoms with E-state index in [1.165, 1.54) is 10.9 Å². The van der Waals surface area contributed by atoms with Crippen molar-refractivity contribution in [2.75, 3.05) is 6.61 Å². The highest BCUT2D eigenvalue weighted by atomic mass is 19.1. The topological polar surface area (TPSA) is 77.3 Å². The Labute approximate surface area is 173 Å². The lowest BCUT2D eigenvalue weighted by atomic mass is 10.2. The molecule has 1 saturated carbocycles. The van der Waals surface area contributed by atoms with Crippen LogP contribution in [0.2, 0.25) is 0 Å². The van der Waals surface area contributed by atoms with Gasteiger partial charge in [-0.1, -0.05) is 36.4 Å². The third kappa shape index (κ3) is 4.37. The Morgan fingerprint density at radius 1 is 1.10 bits per heavy atom. The summed E-state index contributed by atoms with van der Waals surface area (Å²) in [6.07, 6.45) is 1.72. The predicted octanol–water partition coefficient (Wildman–Crippen LogP) is 3.06. The molecule has 7 nitrogen and oxygen atoms in total. The first-order valence-corrected chi connectivity index (χ1v) is 9.72. The van der Waals surface area contributed by atoms with Gasteiger partial charge in [-0.05, 0) is 38.0 Å². The minimum atomic E-state index is -0.718. The van der Waals surface area contributed by atoms with Gasteiger partial charge in [-0.25, -0.2) is 9.18 Å². The number of aryl methyl sites for hydroxylation is 1. The standard InChI is InChI=1S/C22H21FN4O3/c1-15-21(25-27(24-15)18-8-3-2-4-9-18)22(29)30-14-20(28)26(17-11-12-17)13-16-7-5-6-10-19(16)23/h2-10,17H,11-14H2,1H3. The van der Waals surface area contributed by atoms with Crippen molar-refractivity contribution in [1.29, 1.82) is 0 Å². The molecule has 3 aromatic rings. The summed E-state index contributed by atoms with van der Waals surface area (Å²) in [5.41, 5.74) is 1.60. The van der Waals surface area contributed by atoms with Gasteiger partial charge in [0.15, 0.2) is 12.3 Å². The van der Waals surface area contributed by atoms with Crippen LogP contribution >= 0.6 is 0 Å². The number of aromatic nitrogens is 3. The molecule has 1 fully saturated rings. The Bertz CT molecular complexity index is 1060. The Balaban J connectivity index is 1.41. The first-order valence-electron chi connectivity index (χ1n) is 9.72. The van der Waals surface area contributed by atoms with Crippen LogP contribution in [0.1, 0.15) is 34.6 Å². The van der Waals surface area contributed by atoms with E-state index < -0.39 is 12.6 Å². The zero-order valence-electron chi connectivity index (χ0n) is 16.5. The first-order chi connectivity index (χ1) is 14.5. The van der Waals surface area contributed by atoms with Crippen LogP contribution in [0.25, 0.3) is 5.69 Å². The van der Waals surface area contributed by atoms with E-state index in [2.05, 4.69) is 10.2 Å². The Hall–Kier alpha value is -3.55. The van der Waals surface area contributed by atoms with Crippen molar-refractivity contribution in [2.24, 2.45) is 0 Å². The van der Waals surface area contributed by atoms with E-state index in [1.54, 1.807) is 30.0 Å². The molecule has 0 spiro atoms. The van der Waals surface area contributed by atoms with E-state index in [-0.39, 0.29) is 30.0 Å². The number of para-hydroxylation sites is 1. The molecule has 1 aromatic heterocycles. The molecule has 0 bridgehead atoms. The van der Waals surface area contributed by atoms with Gasteiger partial charge in [0, 0.05) is 18.2 Å². The Kier molecular flexibility index (Phi) is 5.56. The van der Waals surface area contributed by atoms with Crippen molar-refractivity contribution in [1.82, 2.24) is 19.9 Å². The summed E-state index contributed by atoms with van der Waals surface area (Å²) in [4.78, 5) is 28.1. The molecule has 0 N–H and O–H groups in total. The number of carbonyl (C=O) groups excluding carboxylic acids is 2. The fraction of sp³-hybridized carbons (Fsp3) is 0.273. The molecular formula is C22H21FN4O3. The summed E-state index contributed by atoms with van der Waals surface area (Å²) in [7, 11) is 0. The van der Waals surface area contributed by atoms with Crippen LogP contribution in [-0.2, 0) is 16.1 Å². The molecule has 0 saturated heterocycles.